The topological polar surface area (TPSA) is 94.8 Å². The Morgan fingerprint density at radius 1 is 1.45 bits per heavy atom. The molecule has 0 saturated heterocycles. The lowest BCUT2D eigenvalue weighted by Crippen LogP contribution is -2.48. The SMILES string of the molecule is CC1=CC(=O)CC(C)(C)C1(O)C=CC(=CC(=O)O)CO. The number of ketones is 1. The quantitative estimate of drug-likeness (QED) is 0.531. The van der Waals surface area contributed by atoms with Gasteiger partial charge in [0.15, 0.2) is 5.78 Å². The van der Waals surface area contributed by atoms with Gasteiger partial charge in [-0.2, -0.15) is 0 Å². The van der Waals surface area contributed by atoms with Crippen molar-refractivity contribution >= 4 is 11.8 Å². The third kappa shape index (κ3) is 3.23. The number of aliphatic carboxylic acids is 1. The molecule has 0 heterocycles. The van der Waals surface area contributed by atoms with Gasteiger partial charge in [-0.1, -0.05) is 19.9 Å². The number of aliphatic hydroxyl groups is 2. The van der Waals surface area contributed by atoms with E-state index in [4.69, 9.17) is 10.2 Å². The number of hydrogen-bond acceptors (Lipinski definition) is 4. The standard InChI is InChI=1S/C15H20O5/c1-10-6-12(17)8-14(2,3)15(10,20)5-4-11(9-16)7-13(18)19/h4-7,16,20H,8-9H2,1-3H3,(H,18,19). The van der Waals surface area contributed by atoms with Crippen LogP contribution in [0.15, 0.2) is 35.5 Å². The van der Waals surface area contributed by atoms with Crippen LogP contribution in [0.1, 0.15) is 27.2 Å². The van der Waals surface area contributed by atoms with Crippen LogP contribution in [0, 0.1) is 5.41 Å². The largest absolute Gasteiger partial charge is 0.478 e. The van der Waals surface area contributed by atoms with Gasteiger partial charge >= 0.3 is 5.97 Å². The van der Waals surface area contributed by atoms with Gasteiger partial charge in [0, 0.05) is 17.9 Å². The molecule has 20 heavy (non-hydrogen) atoms. The summed E-state index contributed by atoms with van der Waals surface area (Å²) in [5.74, 6) is -1.22. The molecule has 0 spiro atoms. The maximum Gasteiger partial charge on any atom is 0.328 e. The van der Waals surface area contributed by atoms with Gasteiger partial charge in [0.2, 0.25) is 0 Å². The molecular formula is C15H20O5. The van der Waals surface area contributed by atoms with E-state index in [9.17, 15) is 14.7 Å². The maximum atomic E-state index is 11.6. The van der Waals surface area contributed by atoms with Crippen LogP contribution in [0.2, 0.25) is 0 Å². The average molecular weight is 280 g/mol. The van der Waals surface area contributed by atoms with Gasteiger partial charge in [-0.05, 0) is 30.2 Å². The van der Waals surface area contributed by atoms with E-state index in [1.807, 2.05) is 0 Å². The zero-order valence-corrected chi connectivity index (χ0v) is 11.9. The highest BCUT2D eigenvalue weighted by Crippen LogP contribution is 2.44. The minimum atomic E-state index is -1.35. The van der Waals surface area contributed by atoms with Crippen molar-refractivity contribution < 1.29 is 24.9 Å². The summed E-state index contributed by atoms with van der Waals surface area (Å²) in [6, 6.07) is 0. The van der Waals surface area contributed by atoms with E-state index in [1.165, 1.54) is 18.2 Å². The molecule has 0 aliphatic heterocycles. The molecule has 0 fully saturated rings. The third-order valence-electron chi connectivity index (χ3n) is 3.66. The first-order chi connectivity index (χ1) is 9.12. The number of aliphatic hydroxyl groups excluding tert-OH is 1. The highest BCUT2D eigenvalue weighted by Gasteiger charge is 2.46. The Kier molecular flexibility index (Phi) is 4.68. The fraction of sp³-hybridized carbons (Fsp3) is 0.467. The second-order valence-corrected chi connectivity index (χ2v) is 5.67. The Morgan fingerprint density at radius 3 is 2.50 bits per heavy atom. The summed E-state index contributed by atoms with van der Waals surface area (Å²) in [4.78, 5) is 22.2. The van der Waals surface area contributed by atoms with Crippen molar-refractivity contribution in [2.75, 3.05) is 6.61 Å². The van der Waals surface area contributed by atoms with Gasteiger partial charge in [0.25, 0.3) is 0 Å². The smallest absolute Gasteiger partial charge is 0.328 e. The second-order valence-electron chi connectivity index (χ2n) is 5.67. The first kappa shape index (κ1) is 16.3. The average Bonchev–Trinajstić information content (AvgIpc) is 2.30. The van der Waals surface area contributed by atoms with E-state index in [0.717, 1.165) is 6.08 Å². The first-order valence-electron chi connectivity index (χ1n) is 6.30. The molecule has 0 aromatic heterocycles. The number of carboxylic acid groups (broad SMARTS) is 1. The molecule has 110 valence electrons. The molecule has 0 aromatic rings. The number of hydrogen-bond donors (Lipinski definition) is 3. The molecule has 1 aliphatic rings. The van der Waals surface area contributed by atoms with Crippen LogP contribution in [-0.2, 0) is 9.59 Å². The van der Waals surface area contributed by atoms with Crippen LogP contribution in [0.4, 0.5) is 0 Å². The molecule has 0 aromatic carbocycles. The summed E-state index contributed by atoms with van der Waals surface area (Å²) >= 11 is 0. The molecule has 5 heteroatoms. The molecule has 3 N–H and O–H groups in total. The van der Waals surface area contributed by atoms with Crippen molar-refractivity contribution in [2.45, 2.75) is 32.8 Å². The molecule has 0 radical (unpaired) electrons. The van der Waals surface area contributed by atoms with Crippen LogP contribution in [0.5, 0.6) is 0 Å². The van der Waals surface area contributed by atoms with Crippen LogP contribution in [0.3, 0.4) is 0 Å². The lowest BCUT2D eigenvalue weighted by molar-refractivity contribution is -0.131. The predicted octanol–water partition coefficient (Wildman–Crippen LogP) is 1.22. The molecule has 1 unspecified atom stereocenters. The molecule has 5 nitrogen and oxygen atoms in total. The van der Waals surface area contributed by atoms with Crippen molar-refractivity contribution in [3.63, 3.8) is 0 Å². The molecule has 1 aliphatic carbocycles. The summed E-state index contributed by atoms with van der Waals surface area (Å²) < 4.78 is 0. The second kappa shape index (κ2) is 5.73. The number of rotatable bonds is 4. The number of allylic oxidation sites excluding steroid dienone is 1. The molecular weight excluding hydrogens is 260 g/mol. The summed E-state index contributed by atoms with van der Waals surface area (Å²) in [5, 5.41) is 28.6. The van der Waals surface area contributed by atoms with E-state index >= 15 is 0 Å². The van der Waals surface area contributed by atoms with Gasteiger partial charge in [-0.3, -0.25) is 4.79 Å². The predicted molar refractivity (Wildman–Crippen MR) is 74.1 cm³/mol. The number of carboxylic acids is 1. The summed E-state index contributed by atoms with van der Waals surface area (Å²) in [5.41, 5.74) is -1.38. The van der Waals surface area contributed by atoms with Crippen molar-refractivity contribution in [1.29, 1.82) is 0 Å². The number of carbonyl (C=O) groups excluding carboxylic acids is 1. The maximum absolute atomic E-state index is 11.6. The highest BCUT2D eigenvalue weighted by atomic mass is 16.4. The van der Waals surface area contributed by atoms with Crippen molar-refractivity contribution in [3.8, 4) is 0 Å². The van der Waals surface area contributed by atoms with Gasteiger partial charge < -0.3 is 15.3 Å². The normalized spacial score (nSPS) is 26.8. The zero-order valence-electron chi connectivity index (χ0n) is 11.9. The van der Waals surface area contributed by atoms with Crippen molar-refractivity contribution in [3.05, 3.63) is 35.5 Å². The fourth-order valence-electron chi connectivity index (χ4n) is 2.40. The third-order valence-corrected chi connectivity index (χ3v) is 3.66. The Morgan fingerprint density at radius 2 is 2.05 bits per heavy atom. The van der Waals surface area contributed by atoms with Crippen molar-refractivity contribution in [1.82, 2.24) is 0 Å². The molecule has 0 bridgehead atoms. The molecule has 0 amide bonds. The fourth-order valence-corrected chi connectivity index (χ4v) is 2.40. The van der Waals surface area contributed by atoms with Crippen LogP contribution in [-0.4, -0.2) is 39.3 Å². The van der Waals surface area contributed by atoms with Gasteiger partial charge in [-0.15, -0.1) is 0 Å². The van der Waals surface area contributed by atoms with E-state index in [1.54, 1.807) is 20.8 Å². The lowest BCUT2D eigenvalue weighted by atomic mass is 9.64. The Hall–Kier alpha value is -1.72. The Balaban J connectivity index is 3.18. The van der Waals surface area contributed by atoms with Crippen LogP contribution < -0.4 is 0 Å². The molecule has 1 atom stereocenters. The Bertz CT molecular complexity index is 510. The van der Waals surface area contributed by atoms with Crippen LogP contribution in [0.25, 0.3) is 0 Å². The summed E-state index contributed by atoms with van der Waals surface area (Å²) in [6.45, 7) is 4.75. The minimum Gasteiger partial charge on any atom is -0.478 e. The van der Waals surface area contributed by atoms with Crippen LogP contribution >= 0.6 is 0 Å². The lowest BCUT2D eigenvalue weighted by Gasteiger charge is -2.44. The van der Waals surface area contributed by atoms with Gasteiger partial charge in [0.05, 0.1) is 6.61 Å². The summed E-state index contributed by atoms with van der Waals surface area (Å²) in [6.07, 6.45) is 5.29. The van der Waals surface area contributed by atoms with Crippen molar-refractivity contribution in [2.24, 2.45) is 5.41 Å². The highest BCUT2D eigenvalue weighted by molar-refractivity contribution is 5.92. The van der Waals surface area contributed by atoms with E-state index in [-0.39, 0.29) is 17.8 Å². The number of carbonyl (C=O) groups is 2. The van der Waals surface area contributed by atoms with Gasteiger partial charge in [-0.25, -0.2) is 4.79 Å². The van der Waals surface area contributed by atoms with Gasteiger partial charge in [0.1, 0.15) is 5.60 Å². The monoisotopic (exact) mass is 280 g/mol. The van der Waals surface area contributed by atoms with E-state index < -0.39 is 23.6 Å². The summed E-state index contributed by atoms with van der Waals surface area (Å²) in [7, 11) is 0. The Labute approximate surface area is 117 Å². The van der Waals surface area contributed by atoms with E-state index in [0.29, 0.717) is 5.57 Å². The first-order valence-corrected chi connectivity index (χ1v) is 6.30. The molecule has 1 rings (SSSR count). The molecule has 0 saturated carbocycles. The zero-order chi connectivity index (χ0) is 15.6. The van der Waals surface area contributed by atoms with E-state index in [2.05, 4.69) is 0 Å². The minimum absolute atomic E-state index is 0.0472.